The predicted molar refractivity (Wildman–Crippen MR) is 142 cm³/mol. The van der Waals surface area contributed by atoms with E-state index in [1.807, 2.05) is 0 Å². The van der Waals surface area contributed by atoms with Crippen LogP contribution < -0.4 is 0 Å². The number of carbonyl (C=O) groups excluding carboxylic acids is 4. The van der Waals surface area contributed by atoms with Crippen molar-refractivity contribution in [2.45, 2.75) is 89.2 Å². The minimum absolute atomic E-state index is 0.0532. The number of fused-ring (bicyclic) bond motifs is 5. The number of hydrogen-bond donors (Lipinski definition) is 4. The van der Waals surface area contributed by atoms with E-state index in [4.69, 9.17) is 19.7 Å². The quantitative estimate of drug-likeness (QED) is 0.278. The molecule has 228 valence electrons. The smallest absolute Gasteiger partial charge is 0.306 e. The lowest BCUT2D eigenvalue weighted by atomic mass is 9.44. The summed E-state index contributed by atoms with van der Waals surface area (Å²) in [7, 11) is 0. The van der Waals surface area contributed by atoms with Crippen LogP contribution in [0.15, 0.2) is 23.8 Å². The third kappa shape index (κ3) is 4.88. The second kappa shape index (κ2) is 11.3. The number of hydrogen-bond acceptors (Lipinski definition) is 10. The second-order valence-electron chi connectivity index (χ2n) is 12.6. The SMILES string of the molecule is CC1C[C@H]2[C@@H]3CCC4=CC(=O)C=C[C@]4(C)[C@@]3(F)[C@@H](O)C[C@]2(C)[C@@]1(O)C(=O)COC(=O)CCCC(=O)OC(CO)CO. The molecule has 0 heterocycles. The van der Waals surface area contributed by atoms with Crippen molar-refractivity contribution in [2.75, 3.05) is 19.8 Å². The zero-order valence-electron chi connectivity index (χ0n) is 23.8. The summed E-state index contributed by atoms with van der Waals surface area (Å²) in [6.45, 7) is 3.34. The molecule has 0 aromatic heterocycles. The zero-order chi connectivity index (χ0) is 30.4. The van der Waals surface area contributed by atoms with Gasteiger partial charge in [0.1, 0.15) is 11.7 Å². The van der Waals surface area contributed by atoms with Crippen LogP contribution in [0.4, 0.5) is 4.39 Å². The highest BCUT2D eigenvalue weighted by Crippen LogP contribution is 2.70. The molecule has 41 heavy (non-hydrogen) atoms. The van der Waals surface area contributed by atoms with Crippen molar-refractivity contribution in [2.24, 2.45) is 28.6 Å². The van der Waals surface area contributed by atoms with Gasteiger partial charge in [-0.15, -0.1) is 0 Å². The van der Waals surface area contributed by atoms with E-state index in [0.717, 1.165) is 0 Å². The molecule has 0 amide bonds. The summed E-state index contributed by atoms with van der Waals surface area (Å²) in [6, 6.07) is 0. The van der Waals surface area contributed by atoms with Crippen LogP contribution in [0.3, 0.4) is 0 Å². The molecule has 0 aliphatic heterocycles. The van der Waals surface area contributed by atoms with Crippen LogP contribution in [-0.2, 0) is 28.7 Å². The van der Waals surface area contributed by atoms with Gasteiger partial charge in [0, 0.05) is 29.6 Å². The van der Waals surface area contributed by atoms with Gasteiger partial charge in [0.05, 0.1) is 19.3 Å². The van der Waals surface area contributed by atoms with Gasteiger partial charge >= 0.3 is 11.9 Å². The monoisotopic (exact) mass is 580 g/mol. The molecule has 4 N–H and O–H groups in total. The van der Waals surface area contributed by atoms with Crippen molar-refractivity contribution in [1.82, 2.24) is 0 Å². The van der Waals surface area contributed by atoms with Crippen LogP contribution in [-0.4, -0.2) is 87.2 Å². The van der Waals surface area contributed by atoms with Crippen LogP contribution in [0.2, 0.25) is 0 Å². The maximum atomic E-state index is 17.2. The molecule has 10 nitrogen and oxygen atoms in total. The van der Waals surface area contributed by atoms with E-state index in [2.05, 4.69) is 0 Å². The number of carbonyl (C=O) groups is 4. The van der Waals surface area contributed by atoms with Crippen LogP contribution in [0.25, 0.3) is 0 Å². The number of rotatable bonds is 10. The minimum atomic E-state index is -2.09. The van der Waals surface area contributed by atoms with Crippen molar-refractivity contribution in [1.29, 1.82) is 0 Å². The Balaban J connectivity index is 1.43. The Morgan fingerprint density at radius 3 is 2.44 bits per heavy atom. The fraction of sp³-hybridized carbons (Fsp3) is 0.733. The largest absolute Gasteiger partial charge is 0.458 e. The number of Topliss-reactive ketones (excluding diaryl/α,β-unsaturated/α-hetero) is 1. The number of aliphatic hydroxyl groups excluding tert-OH is 3. The molecule has 4 aliphatic rings. The summed E-state index contributed by atoms with van der Waals surface area (Å²) in [5, 5.41) is 41.3. The van der Waals surface area contributed by atoms with Gasteiger partial charge in [-0.3, -0.25) is 19.2 Å². The van der Waals surface area contributed by atoms with Crippen molar-refractivity contribution < 1.29 is 53.5 Å². The number of halogens is 1. The number of aliphatic hydroxyl groups is 4. The topological polar surface area (TPSA) is 168 Å². The highest BCUT2D eigenvalue weighted by molar-refractivity contribution is 6.01. The number of ketones is 2. The maximum absolute atomic E-state index is 17.2. The Morgan fingerprint density at radius 2 is 1.78 bits per heavy atom. The number of alkyl halides is 1. The first-order chi connectivity index (χ1) is 19.2. The Labute approximate surface area is 238 Å². The van der Waals surface area contributed by atoms with Crippen LogP contribution in [0.1, 0.15) is 65.7 Å². The van der Waals surface area contributed by atoms with Gasteiger partial charge in [-0.1, -0.05) is 25.5 Å². The van der Waals surface area contributed by atoms with Crippen LogP contribution in [0.5, 0.6) is 0 Å². The fourth-order valence-corrected chi connectivity index (χ4v) is 8.22. The third-order valence-corrected chi connectivity index (χ3v) is 10.5. The predicted octanol–water partition coefficient (Wildman–Crippen LogP) is 1.51. The molecule has 4 rings (SSSR count). The molecule has 0 bridgehead atoms. The minimum Gasteiger partial charge on any atom is -0.458 e. The average Bonchev–Trinajstić information content (AvgIpc) is 3.13. The summed E-state index contributed by atoms with van der Waals surface area (Å²) in [4.78, 5) is 49.6. The van der Waals surface area contributed by atoms with Crippen molar-refractivity contribution in [3.8, 4) is 0 Å². The summed E-state index contributed by atoms with van der Waals surface area (Å²) in [5.41, 5.74) is -5.78. The number of esters is 2. The van der Waals surface area contributed by atoms with Gasteiger partial charge in [0.15, 0.2) is 18.1 Å². The Kier molecular flexibility index (Phi) is 8.68. The standard InChI is InChI=1S/C30H41FO10/c1-17-11-22-21-8-7-18-12-19(34)9-10-27(18,2)29(21,31)23(35)13-28(22,3)30(17,39)24(36)16-40-25(37)5-4-6-26(38)41-20(14-32)15-33/h9-10,12,17,20-23,32-33,35,39H,4-8,11,13-16H2,1-3H3/t17?,21-,22-,23-,27-,28-,29-,30-/m0/s1. The molecule has 4 aliphatic carbocycles. The molecule has 0 aromatic rings. The summed E-state index contributed by atoms with van der Waals surface area (Å²) < 4.78 is 27.2. The lowest BCUT2D eigenvalue weighted by molar-refractivity contribution is -0.220. The highest BCUT2D eigenvalue weighted by atomic mass is 19.1. The number of ether oxygens (including phenoxy) is 2. The molecular weight excluding hydrogens is 539 g/mol. The first-order valence-corrected chi connectivity index (χ1v) is 14.3. The Hall–Kier alpha value is -2.47. The Morgan fingerprint density at radius 1 is 1.12 bits per heavy atom. The third-order valence-electron chi connectivity index (χ3n) is 10.5. The van der Waals surface area contributed by atoms with Crippen molar-refractivity contribution in [3.63, 3.8) is 0 Å². The maximum Gasteiger partial charge on any atom is 0.306 e. The van der Waals surface area contributed by atoms with E-state index in [-0.39, 0.29) is 31.5 Å². The first-order valence-electron chi connectivity index (χ1n) is 14.3. The lowest BCUT2D eigenvalue weighted by Crippen LogP contribution is -2.69. The first kappa shape index (κ1) is 31.5. The average molecular weight is 581 g/mol. The number of allylic oxidation sites excluding steroid dienone is 4. The van der Waals surface area contributed by atoms with Gasteiger partial charge in [-0.05, 0) is 63.0 Å². The summed E-state index contributed by atoms with van der Waals surface area (Å²) >= 11 is 0. The molecule has 0 radical (unpaired) electrons. The van der Waals surface area contributed by atoms with Gasteiger partial charge < -0.3 is 29.9 Å². The van der Waals surface area contributed by atoms with E-state index in [1.165, 1.54) is 12.2 Å². The molecular formula is C30H41FO10. The van der Waals surface area contributed by atoms with Gasteiger partial charge in [0.25, 0.3) is 0 Å². The van der Waals surface area contributed by atoms with Crippen LogP contribution >= 0.6 is 0 Å². The van der Waals surface area contributed by atoms with E-state index in [9.17, 15) is 29.4 Å². The molecule has 0 saturated heterocycles. The zero-order valence-corrected chi connectivity index (χ0v) is 23.8. The molecule has 8 atom stereocenters. The fourth-order valence-electron chi connectivity index (χ4n) is 8.22. The Bertz CT molecular complexity index is 1150. The van der Waals surface area contributed by atoms with Gasteiger partial charge in [0.2, 0.25) is 5.78 Å². The summed E-state index contributed by atoms with van der Waals surface area (Å²) in [5.74, 6) is -4.09. The van der Waals surface area contributed by atoms with Crippen molar-refractivity contribution >= 4 is 23.5 Å². The van der Waals surface area contributed by atoms with E-state index < -0.39 is 89.6 Å². The van der Waals surface area contributed by atoms with E-state index >= 15 is 4.39 Å². The molecule has 0 spiro atoms. The lowest BCUT2D eigenvalue weighted by Gasteiger charge is -2.62. The van der Waals surface area contributed by atoms with Crippen LogP contribution in [0, 0.1) is 28.6 Å². The highest BCUT2D eigenvalue weighted by Gasteiger charge is 2.75. The second-order valence-corrected chi connectivity index (χ2v) is 12.6. The van der Waals surface area contributed by atoms with Crippen molar-refractivity contribution in [3.05, 3.63) is 23.8 Å². The summed E-state index contributed by atoms with van der Waals surface area (Å²) in [6.07, 6.45) is 2.48. The normalized spacial score (nSPS) is 39.4. The molecule has 3 fully saturated rings. The molecule has 0 aromatic carbocycles. The van der Waals surface area contributed by atoms with Gasteiger partial charge in [-0.25, -0.2) is 4.39 Å². The molecule has 11 heteroatoms. The molecule has 1 unspecified atom stereocenters. The van der Waals surface area contributed by atoms with E-state index in [1.54, 1.807) is 26.8 Å². The molecule has 3 saturated carbocycles. The van der Waals surface area contributed by atoms with Gasteiger partial charge in [-0.2, -0.15) is 0 Å². The van der Waals surface area contributed by atoms with E-state index in [0.29, 0.717) is 24.8 Å².